The minimum Gasteiger partial charge on any atom is -0.494 e. The first kappa shape index (κ1) is 26.2. The van der Waals surface area contributed by atoms with Gasteiger partial charge in [-0.1, -0.05) is 29.8 Å². The quantitative estimate of drug-likeness (QED) is 0.362. The maximum Gasteiger partial charge on any atom is 0.275 e. The summed E-state index contributed by atoms with van der Waals surface area (Å²) in [7, 11) is 2.86. The van der Waals surface area contributed by atoms with Crippen molar-refractivity contribution >= 4 is 17.5 Å². The molecule has 1 unspecified atom stereocenters. The zero-order valence-electron chi connectivity index (χ0n) is 21.2. The Labute approximate surface area is 228 Å². The number of halogens is 2. The molecule has 1 atom stereocenters. The van der Waals surface area contributed by atoms with Crippen molar-refractivity contribution < 1.29 is 23.8 Å². The third-order valence-electron chi connectivity index (χ3n) is 6.82. The Morgan fingerprint density at radius 3 is 2.28 bits per heavy atom. The van der Waals surface area contributed by atoms with Crippen molar-refractivity contribution in [3.05, 3.63) is 99.1 Å². The highest BCUT2D eigenvalue weighted by Gasteiger charge is 2.33. The van der Waals surface area contributed by atoms with Crippen LogP contribution in [-0.4, -0.2) is 52.8 Å². The second-order valence-corrected chi connectivity index (χ2v) is 9.52. The van der Waals surface area contributed by atoms with Gasteiger partial charge in [-0.2, -0.15) is 4.98 Å². The lowest BCUT2D eigenvalue weighted by molar-refractivity contribution is 0.0784. The molecule has 2 heterocycles. The van der Waals surface area contributed by atoms with Crippen molar-refractivity contribution in [1.82, 2.24) is 14.5 Å². The normalized spacial score (nSPS) is 14.9. The lowest BCUT2D eigenvalue weighted by Gasteiger charge is -2.21. The van der Waals surface area contributed by atoms with E-state index in [1.807, 2.05) is 12.1 Å². The first-order valence-corrected chi connectivity index (χ1v) is 12.6. The van der Waals surface area contributed by atoms with Crippen LogP contribution in [0.2, 0.25) is 5.02 Å². The third kappa shape index (κ3) is 4.93. The van der Waals surface area contributed by atoms with Crippen molar-refractivity contribution in [3.8, 4) is 34.5 Å². The van der Waals surface area contributed by atoms with Gasteiger partial charge in [-0.15, -0.1) is 0 Å². The Morgan fingerprint density at radius 1 is 1.03 bits per heavy atom. The van der Waals surface area contributed by atoms with E-state index in [1.54, 1.807) is 30.3 Å². The number of aromatic hydroxyl groups is 1. The minimum absolute atomic E-state index is 0.0164. The molecule has 0 spiro atoms. The molecule has 0 radical (unpaired) electrons. The number of aromatic nitrogens is 2. The summed E-state index contributed by atoms with van der Waals surface area (Å²) in [6.45, 7) is 0.750. The fourth-order valence-electron chi connectivity index (χ4n) is 4.86. The number of hydrogen-bond donors (Lipinski definition) is 1. The van der Waals surface area contributed by atoms with Crippen molar-refractivity contribution in [2.24, 2.45) is 0 Å². The van der Waals surface area contributed by atoms with Gasteiger partial charge < -0.3 is 19.5 Å². The second-order valence-electron chi connectivity index (χ2n) is 9.08. The van der Waals surface area contributed by atoms with Gasteiger partial charge >= 0.3 is 0 Å². The Morgan fingerprint density at radius 2 is 1.67 bits per heavy atom. The van der Waals surface area contributed by atoms with Gasteiger partial charge in [-0.3, -0.25) is 14.2 Å². The van der Waals surface area contributed by atoms with Gasteiger partial charge in [0.05, 0.1) is 14.2 Å². The Kier molecular flexibility index (Phi) is 7.26. The van der Waals surface area contributed by atoms with E-state index >= 15 is 0 Å². The molecular weight excluding hydrogens is 525 g/mol. The first-order valence-electron chi connectivity index (χ1n) is 12.2. The van der Waals surface area contributed by atoms with Gasteiger partial charge in [0.25, 0.3) is 11.5 Å². The SMILES string of the molecule is COc1cccc(OC)c1-n1c(-c2ccc(F)cc2)nc(O)c(C(=O)N2CCC(c3ccc(Cl)cc3)C2)c1=O. The fraction of sp³-hybridized carbons (Fsp3) is 0.207. The van der Waals surface area contributed by atoms with Crippen LogP contribution >= 0.6 is 11.6 Å². The number of ether oxygens (including phenoxy) is 2. The van der Waals surface area contributed by atoms with Crippen LogP contribution < -0.4 is 15.0 Å². The van der Waals surface area contributed by atoms with Crippen LogP contribution in [0.5, 0.6) is 17.4 Å². The molecule has 1 saturated heterocycles. The zero-order chi connectivity index (χ0) is 27.7. The molecule has 1 N–H and O–H groups in total. The van der Waals surface area contributed by atoms with E-state index in [-0.39, 0.29) is 28.9 Å². The smallest absolute Gasteiger partial charge is 0.275 e. The molecule has 0 aliphatic carbocycles. The van der Waals surface area contributed by atoms with Crippen LogP contribution in [-0.2, 0) is 0 Å². The highest BCUT2D eigenvalue weighted by Crippen LogP contribution is 2.36. The molecule has 0 bridgehead atoms. The first-order chi connectivity index (χ1) is 18.8. The van der Waals surface area contributed by atoms with Gasteiger partial charge in [0.15, 0.2) is 11.4 Å². The standard InChI is InChI=1S/C29H25ClFN3O5/c1-38-22-4-3-5-23(39-2)25(22)34-26(18-8-12-21(31)13-9-18)32-27(35)24(29(34)37)28(36)33-15-14-19(16-33)17-6-10-20(30)11-7-17/h3-13,19,35H,14-16H2,1-2H3. The summed E-state index contributed by atoms with van der Waals surface area (Å²) in [5, 5.41) is 11.6. The highest BCUT2D eigenvalue weighted by molar-refractivity contribution is 6.30. The molecule has 1 aliphatic rings. The summed E-state index contributed by atoms with van der Waals surface area (Å²) in [6.07, 6.45) is 0.684. The molecule has 5 rings (SSSR count). The van der Waals surface area contributed by atoms with Gasteiger partial charge in [-0.25, -0.2) is 4.39 Å². The summed E-state index contributed by atoms with van der Waals surface area (Å²) in [5.74, 6) is -1.26. The van der Waals surface area contributed by atoms with E-state index in [1.165, 1.54) is 43.4 Å². The number of likely N-dealkylation sites (tertiary alicyclic amines) is 1. The molecule has 8 nitrogen and oxygen atoms in total. The van der Waals surface area contributed by atoms with E-state index in [0.29, 0.717) is 30.1 Å². The minimum atomic E-state index is -0.815. The highest BCUT2D eigenvalue weighted by atomic mass is 35.5. The number of nitrogens with zero attached hydrogens (tertiary/aromatic N) is 3. The van der Waals surface area contributed by atoms with Crippen molar-refractivity contribution in [2.75, 3.05) is 27.3 Å². The number of para-hydroxylation sites is 1. The van der Waals surface area contributed by atoms with E-state index in [4.69, 9.17) is 21.1 Å². The molecular formula is C29H25ClFN3O5. The monoisotopic (exact) mass is 549 g/mol. The summed E-state index contributed by atoms with van der Waals surface area (Å²) >= 11 is 6.01. The molecule has 1 aliphatic heterocycles. The number of carbonyl (C=O) groups is 1. The van der Waals surface area contributed by atoms with Gasteiger partial charge in [0.1, 0.15) is 23.0 Å². The Hall–Kier alpha value is -4.37. The predicted molar refractivity (Wildman–Crippen MR) is 145 cm³/mol. The van der Waals surface area contributed by atoms with Crippen molar-refractivity contribution in [2.45, 2.75) is 12.3 Å². The Balaban J connectivity index is 1.65. The molecule has 1 aromatic heterocycles. The molecule has 4 aromatic rings. The van der Waals surface area contributed by atoms with Crippen molar-refractivity contribution in [3.63, 3.8) is 0 Å². The molecule has 0 saturated carbocycles. The van der Waals surface area contributed by atoms with Crippen LogP contribution in [0.4, 0.5) is 4.39 Å². The van der Waals surface area contributed by atoms with Crippen LogP contribution in [0.1, 0.15) is 28.3 Å². The number of carbonyl (C=O) groups excluding carboxylic acids is 1. The molecule has 1 fully saturated rings. The predicted octanol–water partition coefficient (Wildman–Crippen LogP) is 5.04. The molecule has 39 heavy (non-hydrogen) atoms. The number of hydrogen-bond acceptors (Lipinski definition) is 6. The van der Waals surface area contributed by atoms with Gasteiger partial charge in [0.2, 0.25) is 5.88 Å². The van der Waals surface area contributed by atoms with Crippen LogP contribution in [0.25, 0.3) is 17.1 Å². The fourth-order valence-corrected chi connectivity index (χ4v) is 4.98. The lowest BCUT2D eigenvalue weighted by atomic mass is 9.99. The van der Waals surface area contributed by atoms with Crippen LogP contribution in [0.3, 0.4) is 0 Å². The number of rotatable bonds is 6. The van der Waals surface area contributed by atoms with E-state index in [2.05, 4.69) is 4.98 Å². The van der Waals surface area contributed by atoms with Crippen LogP contribution in [0.15, 0.2) is 71.5 Å². The van der Waals surface area contributed by atoms with E-state index in [9.17, 15) is 19.1 Å². The van der Waals surface area contributed by atoms with Crippen LogP contribution in [0, 0.1) is 5.82 Å². The Bertz CT molecular complexity index is 1570. The number of benzene rings is 3. The average Bonchev–Trinajstić information content (AvgIpc) is 3.44. The molecule has 200 valence electrons. The summed E-state index contributed by atoms with van der Waals surface area (Å²) in [4.78, 5) is 33.6. The number of amides is 1. The second kappa shape index (κ2) is 10.8. The zero-order valence-corrected chi connectivity index (χ0v) is 22.0. The van der Waals surface area contributed by atoms with E-state index < -0.39 is 28.7 Å². The van der Waals surface area contributed by atoms with E-state index in [0.717, 1.165) is 10.1 Å². The summed E-state index contributed by atoms with van der Waals surface area (Å²) in [5.41, 5.74) is 0.253. The number of methoxy groups -OCH3 is 2. The maximum atomic E-state index is 14.1. The third-order valence-corrected chi connectivity index (χ3v) is 7.07. The largest absolute Gasteiger partial charge is 0.494 e. The average molecular weight is 550 g/mol. The maximum absolute atomic E-state index is 14.1. The molecule has 1 amide bonds. The van der Waals surface area contributed by atoms with Gasteiger partial charge in [0, 0.05) is 29.6 Å². The summed E-state index contributed by atoms with van der Waals surface area (Å²) < 4.78 is 25.9. The summed E-state index contributed by atoms with van der Waals surface area (Å²) in [6, 6.07) is 17.6. The molecule has 3 aromatic carbocycles. The molecule has 10 heteroatoms. The van der Waals surface area contributed by atoms with Crippen molar-refractivity contribution in [1.29, 1.82) is 0 Å². The lowest BCUT2D eigenvalue weighted by Crippen LogP contribution is -2.36. The topological polar surface area (TPSA) is 93.9 Å². The van der Waals surface area contributed by atoms with Gasteiger partial charge in [-0.05, 0) is 60.5 Å².